The van der Waals surface area contributed by atoms with Crippen LogP contribution in [0.3, 0.4) is 0 Å². The Kier molecular flexibility index (Phi) is 10.6. The second kappa shape index (κ2) is 14.7. The van der Waals surface area contributed by atoms with Gasteiger partial charge >= 0.3 is 12.1 Å². The lowest BCUT2D eigenvalue weighted by Gasteiger charge is -2.43. The number of carbonyl (C=O) groups is 3. The van der Waals surface area contributed by atoms with Crippen LogP contribution in [0.15, 0.2) is 40.9 Å². The Balaban J connectivity index is 1.08. The minimum Gasteiger partial charge on any atom is -0.507 e. The van der Waals surface area contributed by atoms with Gasteiger partial charge in [-0.15, -0.1) is 0 Å². The maximum atomic E-state index is 14.0. The fourth-order valence-electron chi connectivity index (χ4n) is 7.64. The average Bonchev–Trinajstić information content (AvgIpc) is 3.24. The zero-order valence-corrected chi connectivity index (χ0v) is 29.6. The minimum atomic E-state index is -1.01. The summed E-state index contributed by atoms with van der Waals surface area (Å²) in [6.07, 6.45) is 3.85. The van der Waals surface area contributed by atoms with E-state index in [1.807, 2.05) is 47.1 Å². The van der Waals surface area contributed by atoms with E-state index in [9.17, 15) is 24.6 Å². The molecule has 1 atom stereocenters. The Morgan fingerprint density at radius 1 is 1.00 bits per heavy atom. The Bertz CT molecular complexity index is 1480. The van der Waals surface area contributed by atoms with Crippen molar-refractivity contribution in [1.29, 1.82) is 0 Å². The number of carbonyl (C=O) groups excluding carboxylic acids is 3. The van der Waals surface area contributed by atoms with Gasteiger partial charge in [0.1, 0.15) is 13.6 Å². The van der Waals surface area contributed by atoms with E-state index in [4.69, 9.17) is 4.74 Å². The van der Waals surface area contributed by atoms with Crippen molar-refractivity contribution in [2.24, 2.45) is 0 Å². The lowest BCUT2D eigenvalue weighted by Crippen LogP contribution is -2.54. The molecule has 0 spiro atoms. The van der Waals surface area contributed by atoms with Crippen molar-refractivity contribution in [3.05, 3.63) is 52.0 Å². The van der Waals surface area contributed by atoms with Crippen LogP contribution in [0.4, 0.5) is 15.3 Å². The second-order valence-electron chi connectivity index (χ2n) is 14.2. The van der Waals surface area contributed by atoms with Gasteiger partial charge in [0, 0.05) is 70.0 Å². The first-order valence-electron chi connectivity index (χ1n) is 17.3. The third kappa shape index (κ3) is 7.95. The number of aliphatic hydroxyl groups is 1. The highest BCUT2D eigenvalue weighted by Crippen LogP contribution is 2.29. The third-order valence-corrected chi connectivity index (χ3v) is 11.3. The van der Waals surface area contributed by atoms with E-state index in [0.717, 1.165) is 62.0 Å². The van der Waals surface area contributed by atoms with Crippen molar-refractivity contribution in [3.8, 4) is 5.75 Å². The summed E-state index contributed by atoms with van der Waals surface area (Å²) in [4.78, 5) is 48.5. The minimum absolute atomic E-state index is 0.00503. The molecule has 4 aliphatic rings. The molecule has 2 aromatic carbocycles. The van der Waals surface area contributed by atoms with Crippen molar-refractivity contribution in [1.82, 2.24) is 19.6 Å². The lowest BCUT2D eigenvalue weighted by atomic mass is 9.90. The summed E-state index contributed by atoms with van der Waals surface area (Å²) in [5, 5.41) is 23.7. The Hall–Kier alpha value is -3.29. The van der Waals surface area contributed by atoms with Crippen LogP contribution in [0.5, 0.6) is 5.75 Å². The summed E-state index contributed by atoms with van der Waals surface area (Å²) >= 11 is 3.41. The monoisotopic (exact) mass is 723 g/mol. The molecule has 0 bridgehead atoms. The number of fused-ring (bicyclic) bond motifs is 1. The maximum Gasteiger partial charge on any atom is 0.410 e. The topological polar surface area (TPSA) is 126 Å². The Morgan fingerprint density at radius 2 is 1.65 bits per heavy atom. The van der Waals surface area contributed by atoms with Crippen molar-refractivity contribution >= 4 is 53.0 Å². The molecule has 6 rings (SSSR count). The summed E-state index contributed by atoms with van der Waals surface area (Å²) in [7, 11) is 1.80. The van der Waals surface area contributed by atoms with Crippen LogP contribution in [0.2, 0.25) is 0 Å². The zero-order chi connectivity index (χ0) is 34.0. The van der Waals surface area contributed by atoms with E-state index in [0.29, 0.717) is 61.5 Å². The number of anilines is 1. The molecule has 13 heteroatoms. The van der Waals surface area contributed by atoms with Crippen molar-refractivity contribution in [2.75, 3.05) is 51.1 Å². The molecule has 11 nitrogen and oxygen atoms in total. The fraction of sp³-hybridized carbons (Fsp3) is 0.571. The number of aromatic hydroxyl groups is 1. The van der Waals surface area contributed by atoms with Gasteiger partial charge in [-0.3, -0.25) is 4.79 Å². The number of rotatable bonds is 6. The molecule has 3 N–H and O–H groups in total. The third-order valence-electron chi connectivity index (χ3n) is 10.7. The number of nitrogens with one attached hydrogen (secondary N) is 1. The smallest absolute Gasteiger partial charge is 0.410 e. The highest BCUT2D eigenvalue weighted by atomic mass is 79.9. The number of halogens is 1. The van der Waals surface area contributed by atoms with Gasteiger partial charge in [0.2, 0.25) is 0 Å². The molecule has 0 unspecified atom stereocenters. The predicted molar refractivity (Wildman–Crippen MR) is 189 cm³/mol. The van der Waals surface area contributed by atoms with Gasteiger partial charge in [0.25, 0.3) is 5.91 Å². The molecule has 48 heavy (non-hydrogen) atoms. The largest absolute Gasteiger partial charge is 0.507 e. The van der Waals surface area contributed by atoms with Gasteiger partial charge in [-0.05, 0) is 96.5 Å². The van der Waals surface area contributed by atoms with Gasteiger partial charge in [-0.25, -0.2) is 9.59 Å². The molecule has 4 amide bonds. The van der Waals surface area contributed by atoms with Crippen LogP contribution < -0.4 is 10.8 Å². The number of piperidine rings is 3. The van der Waals surface area contributed by atoms with E-state index >= 15 is 0 Å². The molecule has 4 heterocycles. The number of para-hydroxylation sites is 1. The number of amides is 4. The summed E-state index contributed by atoms with van der Waals surface area (Å²) in [5.41, 5.74) is 2.81. The van der Waals surface area contributed by atoms with E-state index in [1.165, 1.54) is 0 Å². The number of hydrogen-bond donors (Lipinski definition) is 3. The first kappa shape index (κ1) is 34.6. The summed E-state index contributed by atoms with van der Waals surface area (Å²) in [6.45, 7) is 6.24. The molecule has 0 aromatic heterocycles. The fourth-order valence-corrected chi connectivity index (χ4v) is 8.25. The molecule has 4 aliphatic heterocycles. The molecular formula is C35H47BBrN5O6. The van der Waals surface area contributed by atoms with Gasteiger partial charge in [0.05, 0.1) is 10.1 Å². The highest BCUT2D eigenvalue weighted by Gasteiger charge is 2.37. The van der Waals surface area contributed by atoms with Crippen LogP contribution in [-0.4, -0.2) is 125 Å². The second-order valence-corrected chi connectivity index (χ2v) is 15.0. The standard InChI is InChI=1S/C35H47BBrN5O6/c1-35(47)11-18-39(19-12-35)25-7-13-40(14-8-25)32(44)30(22-23-20-27(36)31(43)28(37)21-23)48-34(46)41-15-9-26(10-16-41)42-17-6-24-4-2-3-5-29(24)38-33(42)45/h2-5,20-21,25-26,30,43,47H,6-19,22,36H2,1H3,(H,38,45)/t30-/m1/s1. The lowest BCUT2D eigenvalue weighted by molar-refractivity contribution is -0.142. The van der Waals surface area contributed by atoms with Crippen LogP contribution in [0.25, 0.3) is 0 Å². The Morgan fingerprint density at radius 3 is 2.33 bits per heavy atom. The molecule has 0 radical (unpaired) electrons. The molecular weight excluding hydrogens is 677 g/mol. The van der Waals surface area contributed by atoms with E-state index < -0.39 is 17.8 Å². The van der Waals surface area contributed by atoms with Crippen molar-refractivity contribution in [2.45, 2.75) is 82.1 Å². The zero-order valence-electron chi connectivity index (χ0n) is 28.0. The summed E-state index contributed by atoms with van der Waals surface area (Å²) in [6, 6.07) is 11.7. The molecule has 3 fully saturated rings. The maximum absolute atomic E-state index is 14.0. The highest BCUT2D eigenvalue weighted by molar-refractivity contribution is 9.10. The van der Waals surface area contributed by atoms with Crippen LogP contribution in [0, 0.1) is 0 Å². The average molecular weight is 725 g/mol. The molecule has 2 aromatic rings. The number of hydrogen-bond acceptors (Lipinski definition) is 7. The van der Waals surface area contributed by atoms with Gasteiger partial charge in [-0.1, -0.05) is 24.3 Å². The van der Waals surface area contributed by atoms with Crippen LogP contribution in [0.1, 0.15) is 56.6 Å². The SMILES string of the molecule is Bc1cc(C[C@@H](OC(=O)N2CCC(N3CCc4ccccc4NC3=O)CC2)C(=O)N2CCC(N3CCC(C)(O)CC3)CC2)cc(Br)c1O. The van der Waals surface area contributed by atoms with Gasteiger partial charge in [0.15, 0.2) is 6.10 Å². The number of phenols is 1. The van der Waals surface area contributed by atoms with E-state index in [1.54, 1.807) is 18.8 Å². The molecule has 0 saturated carbocycles. The molecule has 0 aliphatic carbocycles. The summed E-state index contributed by atoms with van der Waals surface area (Å²) < 4.78 is 6.56. The van der Waals surface area contributed by atoms with Crippen LogP contribution in [-0.2, 0) is 22.4 Å². The number of urea groups is 1. The number of nitrogens with zero attached hydrogens (tertiary/aromatic N) is 4. The Labute approximate surface area is 292 Å². The first-order chi connectivity index (χ1) is 23.0. The molecule has 3 saturated heterocycles. The van der Waals surface area contributed by atoms with Gasteiger partial charge in [-0.2, -0.15) is 0 Å². The normalized spacial score (nSPS) is 21.6. The quantitative estimate of drug-likeness (QED) is 0.392. The predicted octanol–water partition coefficient (Wildman–Crippen LogP) is 2.85. The summed E-state index contributed by atoms with van der Waals surface area (Å²) in [5.74, 6) is -0.0642. The number of benzene rings is 2. The van der Waals surface area contributed by atoms with Crippen LogP contribution >= 0.6 is 15.9 Å². The van der Waals surface area contributed by atoms with E-state index in [2.05, 4.69) is 26.1 Å². The first-order valence-corrected chi connectivity index (χ1v) is 18.1. The van der Waals surface area contributed by atoms with Crippen molar-refractivity contribution < 1.29 is 29.3 Å². The number of ether oxygens (including phenoxy) is 1. The van der Waals surface area contributed by atoms with Crippen molar-refractivity contribution in [3.63, 3.8) is 0 Å². The van der Waals surface area contributed by atoms with Gasteiger partial charge < -0.3 is 39.9 Å². The molecule has 258 valence electrons. The number of phenolic OH excluding ortho intramolecular Hbond substituents is 1. The van der Waals surface area contributed by atoms with E-state index in [-0.39, 0.29) is 30.2 Å². The number of likely N-dealkylation sites (tertiary alicyclic amines) is 3.